The van der Waals surface area contributed by atoms with Gasteiger partial charge < -0.3 is 14.2 Å². The van der Waals surface area contributed by atoms with Crippen LogP contribution >= 0.6 is 11.3 Å². The predicted molar refractivity (Wildman–Crippen MR) is 102 cm³/mol. The van der Waals surface area contributed by atoms with Crippen LogP contribution in [0, 0.1) is 17.0 Å². The molecule has 0 N–H and O–H groups in total. The number of hydrogen-bond donors (Lipinski definition) is 0. The van der Waals surface area contributed by atoms with Crippen LogP contribution in [0.3, 0.4) is 0 Å². The van der Waals surface area contributed by atoms with E-state index in [4.69, 9.17) is 14.2 Å². The van der Waals surface area contributed by atoms with Crippen LogP contribution in [0.4, 0.5) is 5.69 Å². The summed E-state index contributed by atoms with van der Waals surface area (Å²) in [6.45, 7) is 2.18. The van der Waals surface area contributed by atoms with Gasteiger partial charge in [0.25, 0.3) is 0 Å². The molecule has 0 aliphatic carbocycles. The highest BCUT2D eigenvalue weighted by atomic mass is 32.1. The Morgan fingerprint density at radius 3 is 2.71 bits per heavy atom. The van der Waals surface area contributed by atoms with Crippen molar-refractivity contribution in [3.05, 3.63) is 74.2 Å². The van der Waals surface area contributed by atoms with Gasteiger partial charge in [-0.25, -0.2) is 9.78 Å². The number of thiazole rings is 1. The number of aryl methyl sites for hydroxylation is 1. The summed E-state index contributed by atoms with van der Waals surface area (Å²) in [7, 11) is 1.39. The minimum absolute atomic E-state index is 0.167. The zero-order valence-corrected chi connectivity index (χ0v) is 15.9. The van der Waals surface area contributed by atoms with E-state index < -0.39 is 10.9 Å². The maximum atomic E-state index is 12.4. The summed E-state index contributed by atoms with van der Waals surface area (Å²) in [5.41, 5.74) is 0.639. The quantitative estimate of drug-likeness (QED) is 0.254. The Balaban J connectivity index is 1.73. The summed E-state index contributed by atoms with van der Waals surface area (Å²) in [4.78, 5) is 27.3. The van der Waals surface area contributed by atoms with E-state index in [2.05, 4.69) is 4.98 Å². The van der Waals surface area contributed by atoms with E-state index in [0.717, 1.165) is 10.7 Å². The summed E-state index contributed by atoms with van der Waals surface area (Å²) < 4.78 is 15.8. The van der Waals surface area contributed by atoms with Crippen LogP contribution in [0.5, 0.6) is 17.2 Å². The minimum atomic E-state index is -0.733. The summed E-state index contributed by atoms with van der Waals surface area (Å²) >= 11 is 1.53. The van der Waals surface area contributed by atoms with Gasteiger partial charge in [-0.3, -0.25) is 10.1 Å². The highest BCUT2D eigenvalue weighted by Crippen LogP contribution is 2.31. The molecule has 8 nitrogen and oxygen atoms in total. The maximum Gasteiger partial charge on any atom is 0.343 e. The van der Waals surface area contributed by atoms with Gasteiger partial charge in [-0.1, -0.05) is 6.07 Å². The van der Waals surface area contributed by atoms with Crippen molar-refractivity contribution >= 4 is 23.0 Å². The molecule has 0 bridgehead atoms. The fourth-order valence-corrected chi connectivity index (χ4v) is 2.95. The lowest BCUT2D eigenvalue weighted by atomic mass is 10.2. The standard InChI is InChI=1S/C19H16N2O6S/c1-12-20-14(11-28-12)10-26-16-5-3-4-13(8-16)19(22)27-18-7-6-15(25-2)9-17(18)21(23)24/h3-9,11H,10H2,1-2H3. The first-order valence-corrected chi connectivity index (χ1v) is 9.02. The van der Waals surface area contributed by atoms with Gasteiger partial charge >= 0.3 is 11.7 Å². The molecule has 0 atom stereocenters. The van der Waals surface area contributed by atoms with Crippen molar-refractivity contribution in [3.63, 3.8) is 0 Å². The molecule has 0 aliphatic rings. The van der Waals surface area contributed by atoms with Gasteiger partial charge in [-0.15, -0.1) is 11.3 Å². The number of nitro groups is 1. The van der Waals surface area contributed by atoms with Gasteiger partial charge in [0.1, 0.15) is 18.1 Å². The summed E-state index contributed by atoms with van der Waals surface area (Å²) in [6, 6.07) is 10.4. The van der Waals surface area contributed by atoms with Crippen LogP contribution in [-0.2, 0) is 6.61 Å². The molecule has 0 saturated heterocycles. The molecule has 0 fully saturated rings. The van der Waals surface area contributed by atoms with E-state index in [-0.39, 0.29) is 23.6 Å². The number of rotatable bonds is 7. The molecule has 0 radical (unpaired) electrons. The lowest BCUT2D eigenvalue weighted by Crippen LogP contribution is -2.10. The molecule has 144 valence electrons. The van der Waals surface area contributed by atoms with E-state index in [9.17, 15) is 14.9 Å². The molecule has 0 amide bonds. The van der Waals surface area contributed by atoms with Crippen molar-refractivity contribution in [1.82, 2.24) is 4.98 Å². The van der Waals surface area contributed by atoms with Gasteiger partial charge in [-0.2, -0.15) is 0 Å². The zero-order valence-electron chi connectivity index (χ0n) is 15.1. The molecule has 28 heavy (non-hydrogen) atoms. The fraction of sp³-hybridized carbons (Fsp3) is 0.158. The number of methoxy groups -OCH3 is 1. The number of esters is 1. The lowest BCUT2D eigenvalue weighted by molar-refractivity contribution is -0.385. The van der Waals surface area contributed by atoms with E-state index in [1.165, 1.54) is 48.8 Å². The van der Waals surface area contributed by atoms with Gasteiger partial charge in [0.15, 0.2) is 0 Å². The number of benzene rings is 2. The Kier molecular flexibility index (Phi) is 5.85. The normalized spacial score (nSPS) is 10.4. The predicted octanol–water partition coefficient (Wildman–Crippen LogP) is 4.17. The SMILES string of the molecule is COc1ccc(OC(=O)c2cccc(OCc3csc(C)n3)c2)c([N+](=O)[O-])c1. The van der Waals surface area contributed by atoms with Crippen LogP contribution in [0.15, 0.2) is 47.8 Å². The highest BCUT2D eigenvalue weighted by molar-refractivity contribution is 7.09. The third-order valence-electron chi connectivity index (χ3n) is 3.69. The van der Waals surface area contributed by atoms with Crippen LogP contribution in [-0.4, -0.2) is 23.0 Å². The molecule has 0 saturated carbocycles. The van der Waals surface area contributed by atoms with Gasteiger partial charge in [-0.05, 0) is 37.3 Å². The first kappa shape index (κ1) is 19.3. The molecule has 2 aromatic carbocycles. The summed E-state index contributed by atoms with van der Waals surface area (Å²) in [5.74, 6) is -0.146. The molecule has 1 heterocycles. The van der Waals surface area contributed by atoms with Crippen LogP contribution in [0.1, 0.15) is 21.1 Å². The molecular weight excluding hydrogens is 384 g/mol. The Morgan fingerprint density at radius 2 is 2.04 bits per heavy atom. The number of carbonyl (C=O) groups is 1. The second-order valence-corrected chi connectivity index (χ2v) is 6.72. The average molecular weight is 400 g/mol. The van der Waals surface area contributed by atoms with Gasteiger partial charge in [0, 0.05) is 5.38 Å². The number of carbonyl (C=O) groups excluding carboxylic acids is 1. The van der Waals surface area contributed by atoms with E-state index >= 15 is 0 Å². The molecule has 0 unspecified atom stereocenters. The maximum absolute atomic E-state index is 12.4. The van der Waals surface area contributed by atoms with Gasteiger partial charge in [0.05, 0.1) is 34.4 Å². The Hall–Kier alpha value is -3.46. The monoisotopic (exact) mass is 400 g/mol. The van der Waals surface area contributed by atoms with Crippen molar-refractivity contribution in [3.8, 4) is 17.2 Å². The molecule has 9 heteroatoms. The first-order chi connectivity index (χ1) is 13.5. The van der Waals surface area contributed by atoms with Crippen molar-refractivity contribution in [1.29, 1.82) is 0 Å². The Labute approximate surface area is 164 Å². The van der Waals surface area contributed by atoms with Crippen LogP contribution < -0.4 is 14.2 Å². The zero-order chi connectivity index (χ0) is 20.1. The van der Waals surface area contributed by atoms with Crippen molar-refractivity contribution in [2.24, 2.45) is 0 Å². The highest BCUT2D eigenvalue weighted by Gasteiger charge is 2.20. The summed E-state index contributed by atoms with van der Waals surface area (Å²) in [6.07, 6.45) is 0. The average Bonchev–Trinajstić information content (AvgIpc) is 3.12. The number of nitrogens with zero attached hydrogens (tertiary/aromatic N) is 2. The largest absolute Gasteiger partial charge is 0.496 e. The van der Waals surface area contributed by atoms with E-state index in [1.807, 2.05) is 12.3 Å². The summed E-state index contributed by atoms with van der Waals surface area (Å²) in [5, 5.41) is 14.1. The van der Waals surface area contributed by atoms with Crippen molar-refractivity contribution in [2.45, 2.75) is 13.5 Å². The van der Waals surface area contributed by atoms with Crippen molar-refractivity contribution in [2.75, 3.05) is 7.11 Å². The second-order valence-electron chi connectivity index (χ2n) is 5.65. The van der Waals surface area contributed by atoms with Crippen LogP contribution in [0.25, 0.3) is 0 Å². The molecule has 3 rings (SSSR count). The minimum Gasteiger partial charge on any atom is -0.496 e. The molecule has 0 spiro atoms. The Bertz CT molecular complexity index is 1020. The Morgan fingerprint density at radius 1 is 1.21 bits per heavy atom. The molecular formula is C19H16N2O6S. The topological polar surface area (TPSA) is 101 Å². The smallest absolute Gasteiger partial charge is 0.343 e. The number of aromatic nitrogens is 1. The fourth-order valence-electron chi connectivity index (χ4n) is 2.36. The lowest BCUT2D eigenvalue weighted by Gasteiger charge is -2.08. The third-order valence-corrected chi connectivity index (χ3v) is 4.51. The molecule has 0 aliphatic heterocycles. The first-order valence-electron chi connectivity index (χ1n) is 8.14. The third kappa shape index (κ3) is 4.63. The van der Waals surface area contributed by atoms with E-state index in [0.29, 0.717) is 11.5 Å². The second kappa shape index (κ2) is 8.49. The van der Waals surface area contributed by atoms with Crippen molar-refractivity contribution < 1.29 is 23.9 Å². The van der Waals surface area contributed by atoms with E-state index in [1.54, 1.807) is 12.1 Å². The molecule has 1 aromatic heterocycles. The number of ether oxygens (including phenoxy) is 3. The van der Waals surface area contributed by atoms with Gasteiger partial charge in [0.2, 0.25) is 5.75 Å². The molecule has 3 aromatic rings. The van der Waals surface area contributed by atoms with Crippen LogP contribution in [0.2, 0.25) is 0 Å². The number of hydrogen-bond acceptors (Lipinski definition) is 8. The number of nitro benzene ring substituents is 1.